The van der Waals surface area contributed by atoms with Gasteiger partial charge in [-0.3, -0.25) is 24.3 Å². The number of amides is 1. The second kappa shape index (κ2) is 12.7. The van der Waals surface area contributed by atoms with Crippen LogP contribution in [0.3, 0.4) is 0 Å². The summed E-state index contributed by atoms with van der Waals surface area (Å²) in [6.07, 6.45) is 8.87. The highest BCUT2D eigenvalue weighted by Crippen LogP contribution is 2.77. The number of carbonyl (C=O) groups excluding carboxylic acids is 3. The Kier molecular flexibility index (Phi) is 9.09. The Morgan fingerprint density at radius 1 is 0.981 bits per heavy atom. The van der Waals surface area contributed by atoms with Gasteiger partial charge in [-0.05, 0) is 128 Å². The first-order chi connectivity index (χ1) is 24.7. The van der Waals surface area contributed by atoms with Crippen molar-refractivity contribution in [3.8, 4) is 0 Å². The van der Waals surface area contributed by atoms with Gasteiger partial charge in [0.2, 0.25) is 0 Å². The van der Waals surface area contributed by atoms with Crippen molar-refractivity contribution in [3.63, 3.8) is 0 Å². The van der Waals surface area contributed by atoms with E-state index in [9.17, 15) is 24.3 Å². The van der Waals surface area contributed by atoms with Gasteiger partial charge in [0, 0.05) is 23.4 Å². The smallest absolute Gasteiger partial charge is 0.410 e. The minimum Gasteiger partial charge on any atom is -0.481 e. The number of carbonyl (C=O) groups is 4. The van der Waals surface area contributed by atoms with Gasteiger partial charge >= 0.3 is 18.0 Å². The van der Waals surface area contributed by atoms with Crippen molar-refractivity contribution in [1.82, 2.24) is 9.88 Å². The summed E-state index contributed by atoms with van der Waals surface area (Å²) >= 11 is 0. The summed E-state index contributed by atoms with van der Waals surface area (Å²) in [5.41, 5.74) is 1.30. The molecule has 1 saturated heterocycles. The lowest BCUT2D eigenvalue weighted by atomic mass is 9.33. The van der Waals surface area contributed by atoms with E-state index in [-0.39, 0.29) is 64.0 Å². The Labute approximate surface area is 316 Å². The number of hydrogen-bond donors (Lipinski definition) is 1. The number of ketones is 1. The van der Waals surface area contributed by atoms with E-state index in [1.54, 1.807) is 24.9 Å². The fourth-order valence-corrected chi connectivity index (χ4v) is 13.5. The number of rotatable bonds is 8. The van der Waals surface area contributed by atoms with E-state index in [0.29, 0.717) is 31.3 Å². The highest BCUT2D eigenvalue weighted by atomic mass is 16.6. The minimum atomic E-state index is -1.17. The minimum absolute atomic E-state index is 0.0282. The number of fused-ring (bicyclic) bond motifs is 7. The van der Waals surface area contributed by atoms with E-state index < -0.39 is 22.8 Å². The van der Waals surface area contributed by atoms with Crippen molar-refractivity contribution in [1.29, 1.82) is 0 Å². The number of pyridine rings is 1. The number of ether oxygens (including phenoxy) is 2. The van der Waals surface area contributed by atoms with E-state index in [1.807, 2.05) is 18.2 Å². The van der Waals surface area contributed by atoms with Crippen LogP contribution in [0.1, 0.15) is 132 Å². The van der Waals surface area contributed by atoms with Crippen LogP contribution in [-0.4, -0.2) is 57.6 Å². The zero-order valence-corrected chi connectivity index (χ0v) is 33.5. The predicted octanol–water partition coefficient (Wildman–Crippen LogP) is 8.80. The van der Waals surface area contributed by atoms with Gasteiger partial charge in [-0.15, -0.1) is 0 Å². The zero-order chi connectivity index (χ0) is 38.5. The SMILES string of the molecule is CC(C)C1=C2[C@H]3CC[C@@H]4[C@@]5(C)CC[C@H](OC(=O)CC(C)(C)C(=O)O)C(C)(C)C5CC[C@@]4(C)[C@]3(C)CCC2([C@@H]2CN(Cc3ccccn3)C(=O)O2)CC1=O. The molecule has 9 atom stereocenters. The summed E-state index contributed by atoms with van der Waals surface area (Å²) < 4.78 is 12.5. The largest absolute Gasteiger partial charge is 0.481 e. The van der Waals surface area contributed by atoms with Crippen molar-refractivity contribution in [3.05, 3.63) is 41.2 Å². The molecule has 9 heteroatoms. The predicted molar refractivity (Wildman–Crippen MR) is 200 cm³/mol. The summed E-state index contributed by atoms with van der Waals surface area (Å²) in [6, 6.07) is 5.74. The molecule has 9 nitrogen and oxygen atoms in total. The molecule has 1 aromatic rings. The Hall–Kier alpha value is -3.23. The highest BCUT2D eigenvalue weighted by Gasteiger charge is 2.71. The molecule has 1 amide bonds. The zero-order valence-electron chi connectivity index (χ0n) is 33.5. The van der Waals surface area contributed by atoms with E-state index in [1.165, 1.54) is 5.57 Å². The third-order valence-electron chi connectivity index (χ3n) is 16.4. The maximum atomic E-state index is 14.2. The van der Waals surface area contributed by atoms with Crippen LogP contribution in [0.5, 0.6) is 0 Å². The first-order valence-corrected chi connectivity index (χ1v) is 20.3. The first-order valence-electron chi connectivity index (χ1n) is 20.3. The molecular weight excluding hydrogens is 668 g/mol. The number of aromatic nitrogens is 1. The molecule has 5 aliphatic carbocycles. The average molecular weight is 731 g/mol. The van der Waals surface area contributed by atoms with Gasteiger partial charge in [-0.2, -0.15) is 0 Å². The van der Waals surface area contributed by atoms with Crippen LogP contribution >= 0.6 is 0 Å². The molecule has 1 N–H and O–H groups in total. The number of carboxylic acid groups (broad SMARTS) is 1. The summed E-state index contributed by atoms with van der Waals surface area (Å²) in [5, 5.41) is 9.62. The standard InChI is InChI=1S/C44H62N2O7/c1-26(2)35-29(47)22-44(33-25-46(38(51)53-33)24-27-12-10-11-21-45-27)20-19-42(8)28(36(35)44)13-14-31-41(7)17-16-32(52-34(48)23-39(3,4)37(49)50)40(5,6)30(41)15-18-43(31,42)9/h10-12,21,26,28,30-33H,13-20,22-25H2,1-9H3,(H,49,50)/t28-,30?,31-,32+,33+,41+,42-,43-,44?/m1/s1. The second-order valence-corrected chi connectivity index (χ2v) is 20.1. The third kappa shape index (κ3) is 5.62. The molecule has 0 spiro atoms. The molecule has 1 aromatic heterocycles. The molecule has 7 rings (SSSR count). The third-order valence-corrected chi connectivity index (χ3v) is 16.4. The van der Waals surface area contributed by atoms with Crippen molar-refractivity contribution >= 4 is 23.8 Å². The maximum absolute atomic E-state index is 14.2. The first kappa shape index (κ1) is 38.1. The number of esters is 1. The topological polar surface area (TPSA) is 123 Å². The maximum Gasteiger partial charge on any atom is 0.410 e. The summed E-state index contributed by atoms with van der Waals surface area (Å²) in [7, 11) is 0. The van der Waals surface area contributed by atoms with Gasteiger partial charge in [0.1, 0.15) is 12.2 Å². The van der Waals surface area contributed by atoms with Crippen LogP contribution in [0.15, 0.2) is 35.5 Å². The van der Waals surface area contributed by atoms with E-state index in [0.717, 1.165) is 62.6 Å². The van der Waals surface area contributed by atoms with Gasteiger partial charge in [-0.1, -0.05) is 54.5 Å². The van der Waals surface area contributed by atoms with Gasteiger partial charge in [0.15, 0.2) is 5.78 Å². The molecule has 6 aliphatic rings. The molecule has 2 heterocycles. The van der Waals surface area contributed by atoms with Crippen molar-refractivity contribution in [2.75, 3.05) is 6.54 Å². The number of Topliss-reactive ketones (excluding diaryl/α,β-unsaturated/α-hetero) is 1. The van der Waals surface area contributed by atoms with Crippen LogP contribution in [0.25, 0.3) is 0 Å². The summed E-state index contributed by atoms with van der Waals surface area (Å²) in [4.78, 5) is 58.7. The quantitative estimate of drug-likeness (QED) is 0.264. The van der Waals surface area contributed by atoms with E-state index in [2.05, 4.69) is 53.5 Å². The van der Waals surface area contributed by atoms with E-state index in [4.69, 9.17) is 9.47 Å². The molecule has 1 aliphatic heterocycles. The molecule has 4 saturated carbocycles. The summed E-state index contributed by atoms with van der Waals surface area (Å²) in [5.74, 6) is -0.00537. The van der Waals surface area contributed by atoms with Gasteiger partial charge in [-0.25, -0.2) is 4.79 Å². The lowest BCUT2D eigenvalue weighted by molar-refractivity contribution is -0.234. The summed E-state index contributed by atoms with van der Waals surface area (Å²) in [6.45, 7) is 20.5. The van der Waals surface area contributed by atoms with Crippen molar-refractivity contribution in [2.24, 2.45) is 56.2 Å². The van der Waals surface area contributed by atoms with Gasteiger partial charge in [0.25, 0.3) is 0 Å². The fourth-order valence-electron chi connectivity index (χ4n) is 13.5. The molecule has 2 unspecified atom stereocenters. The molecular formula is C44H62N2O7. The Balaban J connectivity index is 1.17. The number of aliphatic carboxylic acids is 1. The van der Waals surface area contributed by atoms with Crippen molar-refractivity contribution in [2.45, 2.75) is 145 Å². The Bertz CT molecular complexity index is 1720. The Morgan fingerprint density at radius 3 is 2.38 bits per heavy atom. The average Bonchev–Trinajstić information content (AvgIpc) is 3.59. The van der Waals surface area contributed by atoms with Crippen LogP contribution in [0, 0.1) is 56.2 Å². The molecule has 0 radical (unpaired) electrons. The van der Waals surface area contributed by atoms with Crippen LogP contribution in [-0.2, 0) is 30.4 Å². The lowest BCUT2D eigenvalue weighted by Crippen LogP contribution is -2.66. The van der Waals surface area contributed by atoms with Crippen LogP contribution < -0.4 is 0 Å². The number of hydrogen-bond acceptors (Lipinski definition) is 7. The number of carboxylic acids is 1. The number of nitrogens with zero attached hydrogens (tertiary/aromatic N) is 2. The van der Waals surface area contributed by atoms with E-state index >= 15 is 0 Å². The van der Waals surface area contributed by atoms with Crippen molar-refractivity contribution < 1.29 is 33.8 Å². The monoisotopic (exact) mass is 730 g/mol. The molecule has 0 aromatic carbocycles. The molecule has 5 fully saturated rings. The highest BCUT2D eigenvalue weighted by molar-refractivity contribution is 6.01. The normalized spacial score (nSPS) is 39.2. The molecule has 0 bridgehead atoms. The van der Waals surface area contributed by atoms with Gasteiger partial charge in [0.05, 0.1) is 30.6 Å². The van der Waals surface area contributed by atoms with Gasteiger partial charge < -0.3 is 14.6 Å². The fraction of sp³-hybridized carbons (Fsp3) is 0.750. The van der Waals surface area contributed by atoms with Crippen LogP contribution in [0.2, 0.25) is 0 Å². The Morgan fingerprint density at radius 2 is 1.72 bits per heavy atom. The second-order valence-electron chi connectivity index (χ2n) is 20.1. The number of allylic oxidation sites excluding steroid dienone is 1. The number of cyclic esters (lactones) is 1. The molecule has 290 valence electrons. The molecule has 53 heavy (non-hydrogen) atoms. The van der Waals surface area contributed by atoms with Crippen LogP contribution in [0.4, 0.5) is 4.79 Å². The lowest BCUT2D eigenvalue weighted by Gasteiger charge is -2.72.